The lowest BCUT2D eigenvalue weighted by atomic mass is 10.2. The van der Waals surface area contributed by atoms with Gasteiger partial charge in [0.2, 0.25) is 0 Å². The van der Waals surface area contributed by atoms with E-state index in [4.69, 9.17) is 4.74 Å². The van der Waals surface area contributed by atoms with Crippen LogP contribution in [0.2, 0.25) is 0 Å². The first-order valence-corrected chi connectivity index (χ1v) is 6.47. The van der Waals surface area contributed by atoms with Crippen molar-refractivity contribution in [3.05, 3.63) is 52.3 Å². The van der Waals surface area contributed by atoms with Crippen LogP contribution in [0, 0.1) is 6.92 Å². The van der Waals surface area contributed by atoms with Crippen molar-refractivity contribution < 1.29 is 9.53 Å². The van der Waals surface area contributed by atoms with Gasteiger partial charge in [0.05, 0.1) is 18.4 Å². The number of rotatable bonds is 3. The minimum absolute atomic E-state index is 0.220. The van der Waals surface area contributed by atoms with Crippen LogP contribution in [0.4, 0.5) is 5.69 Å². The van der Waals surface area contributed by atoms with Gasteiger partial charge in [-0.3, -0.25) is 4.79 Å². The Morgan fingerprint density at radius 2 is 2.11 bits per heavy atom. The summed E-state index contributed by atoms with van der Waals surface area (Å²) in [6.07, 6.45) is 1.51. The number of hydrogen-bond acceptors (Lipinski definition) is 3. The number of carbonyl (C=O) groups is 1. The first-order chi connectivity index (χ1) is 9.10. The highest BCUT2D eigenvalue weighted by Crippen LogP contribution is 2.25. The predicted octanol–water partition coefficient (Wildman–Crippen LogP) is 3.41. The van der Waals surface area contributed by atoms with Crippen molar-refractivity contribution in [2.24, 2.45) is 0 Å². The highest BCUT2D eigenvalue weighted by atomic mass is 79.9. The SMILES string of the molecule is COc1cc(C)ccc1NC(=O)c1ccc(Br)nc1. The van der Waals surface area contributed by atoms with Gasteiger partial charge in [-0.15, -0.1) is 0 Å². The Bertz CT molecular complexity index is 597. The van der Waals surface area contributed by atoms with Crippen molar-refractivity contribution in [2.45, 2.75) is 6.92 Å². The second-order valence-corrected chi connectivity index (χ2v) is 4.84. The number of methoxy groups -OCH3 is 1. The topological polar surface area (TPSA) is 51.2 Å². The van der Waals surface area contributed by atoms with Gasteiger partial charge in [-0.25, -0.2) is 4.98 Å². The average Bonchev–Trinajstić information content (AvgIpc) is 2.41. The van der Waals surface area contributed by atoms with Gasteiger partial charge >= 0.3 is 0 Å². The molecule has 0 aliphatic heterocycles. The maximum absolute atomic E-state index is 12.1. The minimum Gasteiger partial charge on any atom is -0.495 e. The molecule has 0 spiro atoms. The van der Waals surface area contributed by atoms with E-state index in [1.165, 1.54) is 6.20 Å². The summed E-state index contributed by atoms with van der Waals surface area (Å²) in [6, 6.07) is 9.03. The minimum atomic E-state index is -0.220. The quantitative estimate of drug-likeness (QED) is 0.882. The molecule has 0 radical (unpaired) electrons. The van der Waals surface area contributed by atoms with Crippen molar-refractivity contribution >= 4 is 27.5 Å². The van der Waals surface area contributed by atoms with Gasteiger partial charge in [0.1, 0.15) is 10.4 Å². The molecule has 1 amide bonds. The van der Waals surface area contributed by atoms with E-state index in [0.29, 0.717) is 21.6 Å². The van der Waals surface area contributed by atoms with Crippen LogP contribution in [0.25, 0.3) is 0 Å². The first-order valence-electron chi connectivity index (χ1n) is 5.67. The van der Waals surface area contributed by atoms with E-state index in [9.17, 15) is 4.79 Å². The van der Waals surface area contributed by atoms with Gasteiger partial charge < -0.3 is 10.1 Å². The standard InChI is InChI=1S/C14H13BrN2O2/c1-9-3-5-11(12(7-9)19-2)17-14(18)10-4-6-13(15)16-8-10/h3-8H,1-2H3,(H,17,18). The number of amides is 1. The molecule has 4 nitrogen and oxygen atoms in total. The number of aromatic nitrogens is 1. The number of carbonyl (C=O) groups excluding carboxylic acids is 1. The average molecular weight is 321 g/mol. The van der Waals surface area contributed by atoms with Crippen LogP contribution in [-0.2, 0) is 0 Å². The van der Waals surface area contributed by atoms with E-state index >= 15 is 0 Å². The van der Waals surface area contributed by atoms with Gasteiger partial charge in [-0.1, -0.05) is 6.07 Å². The summed E-state index contributed by atoms with van der Waals surface area (Å²) in [4.78, 5) is 16.1. The molecule has 0 atom stereocenters. The second-order valence-electron chi connectivity index (χ2n) is 4.03. The van der Waals surface area contributed by atoms with E-state index in [0.717, 1.165) is 5.56 Å². The molecule has 0 saturated heterocycles. The molecule has 0 bridgehead atoms. The van der Waals surface area contributed by atoms with Crippen LogP contribution in [-0.4, -0.2) is 18.0 Å². The Labute approximate surface area is 119 Å². The smallest absolute Gasteiger partial charge is 0.257 e. The van der Waals surface area contributed by atoms with Crippen molar-refractivity contribution in [2.75, 3.05) is 12.4 Å². The lowest BCUT2D eigenvalue weighted by Gasteiger charge is -2.10. The molecule has 0 unspecified atom stereocenters. The Hall–Kier alpha value is -1.88. The molecule has 0 fully saturated rings. The molecule has 2 rings (SSSR count). The van der Waals surface area contributed by atoms with E-state index in [-0.39, 0.29) is 5.91 Å². The molecule has 1 aromatic carbocycles. The van der Waals surface area contributed by atoms with E-state index in [1.807, 2.05) is 25.1 Å². The molecule has 0 aliphatic carbocycles. The van der Waals surface area contributed by atoms with Crippen LogP contribution in [0.5, 0.6) is 5.75 Å². The molecule has 1 N–H and O–H groups in total. The third kappa shape index (κ3) is 3.32. The molecule has 1 aromatic heterocycles. The number of nitrogens with one attached hydrogen (secondary N) is 1. The molecule has 19 heavy (non-hydrogen) atoms. The van der Waals surface area contributed by atoms with Crippen LogP contribution in [0.3, 0.4) is 0 Å². The zero-order chi connectivity index (χ0) is 13.8. The summed E-state index contributed by atoms with van der Waals surface area (Å²) >= 11 is 3.23. The van der Waals surface area contributed by atoms with Crippen LogP contribution < -0.4 is 10.1 Å². The van der Waals surface area contributed by atoms with Crippen LogP contribution in [0.15, 0.2) is 41.1 Å². The molecule has 0 saturated carbocycles. The monoisotopic (exact) mass is 320 g/mol. The van der Waals surface area contributed by atoms with Gasteiger partial charge in [-0.2, -0.15) is 0 Å². The van der Waals surface area contributed by atoms with Gasteiger partial charge in [0.25, 0.3) is 5.91 Å². The number of ether oxygens (including phenoxy) is 1. The number of pyridine rings is 1. The number of halogens is 1. The molecule has 5 heteroatoms. The van der Waals surface area contributed by atoms with Crippen molar-refractivity contribution in [3.8, 4) is 5.75 Å². The van der Waals surface area contributed by atoms with Gasteiger partial charge in [0.15, 0.2) is 0 Å². The zero-order valence-corrected chi connectivity index (χ0v) is 12.2. The Morgan fingerprint density at radius 3 is 2.74 bits per heavy atom. The molecule has 1 heterocycles. The summed E-state index contributed by atoms with van der Waals surface area (Å²) < 4.78 is 5.94. The number of aryl methyl sites for hydroxylation is 1. The number of nitrogens with zero attached hydrogens (tertiary/aromatic N) is 1. The second kappa shape index (κ2) is 5.84. The molecule has 2 aromatic rings. The summed E-state index contributed by atoms with van der Waals surface area (Å²) in [5, 5.41) is 2.81. The summed E-state index contributed by atoms with van der Waals surface area (Å²) in [5.74, 6) is 0.417. The van der Waals surface area contributed by atoms with E-state index < -0.39 is 0 Å². The predicted molar refractivity (Wildman–Crippen MR) is 77.6 cm³/mol. The molecular formula is C14H13BrN2O2. The van der Waals surface area contributed by atoms with Crippen LogP contribution in [0.1, 0.15) is 15.9 Å². The highest BCUT2D eigenvalue weighted by Gasteiger charge is 2.10. The van der Waals surface area contributed by atoms with Gasteiger partial charge in [-0.05, 0) is 52.7 Å². The lowest BCUT2D eigenvalue weighted by Crippen LogP contribution is -2.12. The third-order valence-electron chi connectivity index (χ3n) is 2.59. The van der Waals surface area contributed by atoms with E-state index in [2.05, 4.69) is 26.2 Å². The van der Waals surface area contributed by atoms with Crippen molar-refractivity contribution in [1.82, 2.24) is 4.98 Å². The molecule has 0 aliphatic rings. The Kier molecular flexibility index (Phi) is 4.16. The first kappa shape index (κ1) is 13.5. The zero-order valence-electron chi connectivity index (χ0n) is 10.6. The van der Waals surface area contributed by atoms with Crippen molar-refractivity contribution in [1.29, 1.82) is 0 Å². The third-order valence-corrected chi connectivity index (χ3v) is 3.06. The van der Waals surface area contributed by atoms with Crippen LogP contribution >= 0.6 is 15.9 Å². The Balaban J connectivity index is 2.21. The van der Waals surface area contributed by atoms with Gasteiger partial charge in [0, 0.05) is 6.20 Å². The number of hydrogen-bond donors (Lipinski definition) is 1. The normalized spacial score (nSPS) is 10.1. The van der Waals surface area contributed by atoms with E-state index in [1.54, 1.807) is 19.2 Å². The summed E-state index contributed by atoms with van der Waals surface area (Å²) in [7, 11) is 1.58. The number of benzene rings is 1. The fourth-order valence-electron chi connectivity index (χ4n) is 1.61. The molecule has 98 valence electrons. The maximum atomic E-state index is 12.1. The molecular weight excluding hydrogens is 308 g/mol. The largest absolute Gasteiger partial charge is 0.495 e. The Morgan fingerprint density at radius 1 is 1.32 bits per heavy atom. The number of anilines is 1. The lowest BCUT2D eigenvalue weighted by molar-refractivity contribution is 0.102. The van der Waals surface area contributed by atoms with Crippen molar-refractivity contribution in [3.63, 3.8) is 0 Å². The highest BCUT2D eigenvalue weighted by molar-refractivity contribution is 9.10. The fraction of sp³-hybridized carbons (Fsp3) is 0.143. The summed E-state index contributed by atoms with van der Waals surface area (Å²) in [5.41, 5.74) is 2.20. The fourth-order valence-corrected chi connectivity index (χ4v) is 1.84. The maximum Gasteiger partial charge on any atom is 0.257 e. The summed E-state index contributed by atoms with van der Waals surface area (Å²) in [6.45, 7) is 1.97.